The summed E-state index contributed by atoms with van der Waals surface area (Å²) in [5, 5.41) is 11.6. The number of pyridine rings is 1. The van der Waals surface area contributed by atoms with E-state index < -0.39 is 47.9 Å². The summed E-state index contributed by atoms with van der Waals surface area (Å²) in [5.74, 6) is -1.55. The number of anilines is 1. The smallest absolute Gasteiger partial charge is 0.394 e. The highest BCUT2D eigenvalue weighted by atomic mass is 32.1. The first-order valence-corrected chi connectivity index (χ1v) is 13.7. The fourth-order valence-electron chi connectivity index (χ4n) is 4.57. The number of likely N-dealkylation sites (N-methyl/N-ethyl adjacent to an activating group) is 1. The van der Waals surface area contributed by atoms with Gasteiger partial charge in [0.2, 0.25) is 0 Å². The number of aliphatic hydroxyl groups is 1. The van der Waals surface area contributed by atoms with Crippen molar-refractivity contribution < 1.29 is 36.6 Å². The molecule has 3 heterocycles. The lowest BCUT2D eigenvalue weighted by Crippen LogP contribution is -2.47. The number of carbonyl (C=O) groups excluding carboxylic acids is 2. The van der Waals surface area contributed by atoms with Crippen molar-refractivity contribution in [1.29, 1.82) is 0 Å². The van der Waals surface area contributed by atoms with Crippen LogP contribution in [0, 0.1) is 0 Å². The summed E-state index contributed by atoms with van der Waals surface area (Å²) < 4.78 is 66.5. The van der Waals surface area contributed by atoms with E-state index in [0.717, 1.165) is 49.3 Å². The maximum atomic E-state index is 14.2. The normalized spacial score (nSPS) is 17.9. The number of aliphatic hydroxyl groups excluding tert-OH is 1. The van der Waals surface area contributed by atoms with Crippen LogP contribution in [0.5, 0.6) is 0 Å². The molecule has 0 aliphatic carbocycles. The van der Waals surface area contributed by atoms with Crippen molar-refractivity contribution >= 4 is 29.0 Å². The summed E-state index contributed by atoms with van der Waals surface area (Å²) in [6.45, 7) is 5.29. The van der Waals surface area contributed by atoms with Crippen molar-refractivity contribution in [2.24, 2.45) is 0 Å². The molecule has 2 amide bonds. The van der Waals surface area contributed by atoms with E-state index in [2.05, 4.69) is 9.97 Å². The minimum atomic E-state index is -4.59. The van der Waals surface area contributed by atoms with Crippen LogP contribution < -0.4 is 5.32 Å². The van der Waals surface area contributed by atoms with Crippen molar-refractivity contribution in [3.8, 4) is 10.4 Å². The molecule has 1 fully saturated rings. The number of aromatic nitrogens is 2. The summed E-state index contributed by atoms with van der Waals surface area (Å²) >= 11 is 0.728. The lowest BCUT2D eigenvalue weighted by Gasteiger charge is -2.33. The molecule has 8 nitrogen and oxygen atoms in total. The van der Waals surface area contributed by atoms with Gasteiger partial charge in [-0.05, 0) is 46.1 Å². The molecule has 1 aliphatic heterocycles. The lowest BCUT2D eigenvalue weighted by molar-refractivity contribution is -0.115. The van der Waals surface area contributed by atoms with Crippen LogP contribution >= 0.6 is 11.3 Å². The first kappa shape index (κ1) is 31.7. The van der Waals surface area contributed by atoms with Gasteiger partial charge in [0.1, 0.15) is 18.1 Å². The largest absolute Gasteiger partial charge is 0.405 e. The zero-order valence-corrected chi connectivity index (χ0v) is 23.8. The van der Waals surface area contributed by atoms with Crippen molar-refractivity contribution in [2.45, 2.75) is 83.6 Å². The number of hydrogen-bond donors (Lipinski definition) is 2. The molecule has 0 spiro atoms. The van der Waals surface area contributed by atoms with Crippen LogP contribution in [0.2, 0.25) is 0 Å². The van der Waals surface area contributed by atoms with Gasteiger partial charge in [0.25, 0.3) is 18.2 Å². The molecule has 14 heteroatoms. The van der Waals surface area contributed by atoms with Gasteiger partial charge in [0.05, 0.1) is 17.0 Å². The number of hydrogen-bond acceptors (Lipinski definition) is 7. The molecule has 3 rings (SSSR count). The highest BCUT2D eigenvalue weighted by molar-refractivity contribution is 7.17. The number of nitrogens with zero attached hydrogens (tertiary/aromatic N) is 4. The Labute approximate surface area is 233 Å². The first-order chi connectivity index (χ1) is 18.6. The minimum Gasteiger partial charge on any atom is -0.394 e. The van der Waals surface area contributed by atoms with Crippen LogP contribution in [0.3, 0.4) is 0 Å². The second kappa shape index (κ2) is 12.3. The molecule has 0 saturated carbocycles. The second-order valence-corrected chi connectivity index (χ2v) is 11.5. The summed E-state index contributed by atoms with van der Waals surface area (Å²) in [6.07, 6.45) is -3.67. The number of nitrogens with one attached hydrogen (secondary N) is 1. The number of amides is 2. The molecule has 2 atom stereocenters. The maximum Gasteiger partial charge on any atom is 0.405 e. The molecule has 2 aromatic heterocycles. The van der Waals surface area contributed by atoms with Gasteiger partial charge < -0.3 is 20.2 Å². The van der Waals surface area contributed by atoms with Crippen molar-refractivity contribution in [2.75, 3.05) is 25.5 Å². The van der Waals surface area contributed by atoms with Gasteiger partial charge in [0, 0.05) is 36.5 Å². The van der Waals surface area contributed by atoms with E-state index >= 15 is 0 Å². The Balaban J connectivity index is 2.16. The monoisotopic (exact) mass is 591 g/mol. The lowest BCUT2D eigenvalue weighted by atomic mass is 10.1. The van der Waals surface area contributed by atoms with Gasteiger partial charge in [-0.15, -0.1) is 11.3 Å². The number of thiazole rings is 1. The zero-order valence-electron chi connectivity index (χ0n) is 23.0. The Hall–Kier alpha value is -2.87. The third-order valence-electron chi connectivity index (χ3n) is 7.14. The van der Waals surface area contributed by atoms with Crippen LogP contribution in [-0.4, -0.2) is 80.7 Å². The van der Waals surface area contributed by atoms with Gasteiger partial charge in [-0.3, -0.25) is 9.59 Å². The van der Waals surface area contributed by atoms with Crippen molar-refractivity contribution in [3.05, 3.63) is 28.5 Å². The summed E-state index contributed by atoms with van der Waals surface area (Å²) in [4.78, 5) is 38.4. The van der Waals surface area contributed by atoms with Gasteiger partial charge in [-0.2, -0.15) is 13.2 Å². The molecule has 2 N–H and O–H groups in total. The van der Waals surface area contributed by atoms with E-state index in [-0.39, 0.29) is 39.8 Å². The molecule has 0 radical (unpaired) electrons. The highest BCUT2D eigenvalue weighted by Gasteiger charge is 2.39. The average Bonchev–Trinajstić information content (AvgIpc) is 3.49. The molecule has 2 aromatic rings. The van der Waals surface area contributed by atoms with Gasteiger partial charge in [-0.1, -0.05) is 13.3 Å². The predicted molar refractivity (Wildman–Crippen MR) is 142 cm³/mol. The minimum absolute atomic E-state index is 0.0249. The third kappa shape index (κ3) is 6.88. The number of carbonyl (C=O) groups is 2. The Morgan fingerprint density at radius 1 is 1.27 bits per heavy atom. The Kier molecular flexibility index (Phi) is 9.76. The van der Waals surface area contributed by atoms with Crippen LogP contribution in [-0.2, 0) is 0 Å². The molecular weight excluding hydrogens is 557 g/mol. The summed E-state index contributed by atoms with van der Waals surface area (Å²) in [5.41, 5.74) is -2.03. The molecule has 0 aromatic carbocycles. The van der Waals surface area contributed by atoms with E-state index in [9.17, 15) is 36.6 Å². The van der Waals surface area contributed by atoms with Gasteiger partial charge in [0.15, 0.2) is 5.01 Å². The standard InChI is InChI=1S/C26H34F5N5O3S/c1-6-7-15-9-8-14(2)36(15)23(38)19-20(40-22(34-19)24(39)35(5)25(3,4)13-37)17-11-32-18(10-16(17)21(27)28)33-12-26(29,30)31/h10-11,14-15,21,37H,6-9,12-13H2,1-5H3,(H,32,33). The fourth-order valence-corrected chi connectivity index (χ4v) is 5.63. The van der Waals surface area contributed by atoms with Gasteiger partial charge in [-0.25, -0.2) is 18.7 Å². The predicted octanol–water partition coefficient (Wildman–Crippen LogP) is 5.75. The van der Waals surface area contributed by atoms with Crippen LogP contribution in [0.25, 0.3) is 10.4 Å². The Bertz CT molecular complexity index is 1220. The third-order valence-corrected chi connectivity index (χ3v) is 8.22. The number of halogens is 5. The quantitative estimate of drug-likeness (QED) is 0.342. The molecule has 2 unspecified atom stereocenters. The molecular formula is C26H34F5N5O3S. The molecule has 40 heavy (non-hydrogen) atoms. The van der Waals surface area contributed by atoms with Gasteiger partial charge >= 0.3 is 6.18 Å². The van der Waals surface area contributed by atoms with E-state index in [1.807, 2.05) is 19.2 Å². The van der Waals surface area contributed by atoms with Crippen LogP contribution in [0.4, 0.5) is 27.8 Å². The molecule has 222 valence electrons. The van der Waals surface area contributed by atoms with E-state index in [0.29, 0.717) is 0 Å². The van der Waals surface area contributed by atoms with Crippen LogP contribution in [0.15, 0.2) is 12.3 Å². The summed E-state index contributed by atoms with van der Waals surface area (Å²) in [6, 6.07) is 0.579. The van der Waals surface area contributed by atoms with Crippen LogP contribution in [0.1, 0.15) is 85.7 Å². The second-order valence-electron chi connectivity index (χ2n) is 10.5. The molecule has 0 bridgehead atoms. The number of alkyl halides is 5. The summed E-state index contributed by atoms with van der Waals surface area (Å²) in [7, 11) is 1.45. The highest BCUT2D eigenvalue weighted by Crippen LogP contribution is 2.40. The maximum absolute atomic E-state index is 14.2. The Morgan fingerprint density at radius 2 is 1.95 bits per heavy atom. The van der Waals surface area contributed by atoms with E-state index in [4.69, 9.17) is 0 Å². The number of rotatable bonds is 10. The van der Waals surface area contributed by atoms with Crippen molar-refractivity contribution in [1.82, 2.24) is 19.8 Å². The van der Waals surface area contributed by atoms with E-state index in [1.165, 1.54) is 11.9 Å². The van der Waals surface area contributed by atoms with E-state index in [1.54, 1.807) is 18.7 Å². The average molecular weight is 592 g/mol. The topological polar surface area (TPSA) is 98.7 Å². The SMILES string of the molecule is CCCC1CCC(C)N1C(=O)c1nc(C(=O)N(C)C(C)(C)CO)sc1-c1cnc(NCC(F)(F)F)cc1C(F)F. The molecule has 1 aliphatic rings. The number of likely N-dealkylation sites (tertiary alicyclic amines) is 1. The Morgan fingerprint density at radius 3 is 2.52 bits per heavy atom. The zero-order chi connectivity index (χ0) is 30.0. The fraction of sp³-hybridized carbons (Fsp3) is 0.615. The van der Waals surface area contributed by atoms with Crippen molar-refractivity contribution in [3.63, 3.8) is 0 Å². The first-order valence-electron chi connectivity index (χ1n) is 12.9. The molecule has 1 saturated heterocycles.